The lowest BCUT2D eigenvalue weighted by Crippen LogP contribution is -2.54. The predicted octanol–water partition coefficient (Wildman–Crippen LogP) is 2.24. The summed E-state index contributed by atoms with van der Waals surface area (Å²) in [6.07, 6.45) is 6.80. The Labute approximate surface area is 94.2 Å². The van der Waals surface area contributed by atoms with Gasteiger partial charge in [0, 0.05) is 18.6 Å². The lowest BCUT2D eigenvalue weighted by molar-refractivity contribution is 0.0901. The van der Waals surface area contributed by atoms with Crippen LogP contribution in [-0.4, -0.2) is 30.1 Å². The maximum absolute atomic E-state index is 6.08. The zero-order valence-corrected chi connectivity index (χ0v) is 10.3. The Kier molecular flexibility index (Phi) is 3.36. The van der Waals surface area contributed by atoms with Gasteiger partial charge in [-0.05, 0) is 44.1 Å². The number of likely N-dealkylation sites (tertiary alicyclic amines) is 1. The molecule has 2 heteroatoms. The molecule has 0 aromatic heterocycles. The summed E-state index contributed by atoms with van der Waals surface area (Å²) in [5.74, 6) is 1.84. The fraction of sp³-hybridized carbons (Fsp3) is 1.00. The van der Waals surface area contributed by atoms with E-state index in [4.69, 9.17) is 5.73 Å². The first-order valence-electron chi connectivity index (χ1n) is 6.72. The van der Waals surface area contributed by atoms with E-state index in [0.717, 1.165) is 18.4 Å². The van der Waals surface area contributed by atoms with Crippen molar-refractivity contribution >= 4 is 0 Å². The standard InChI is InChI=1S/C13H26N2/c1-3-11-7-8-15(9-11)13(4-2,10-14)12-5-6-12/h11-12H,3-10,14H2,1-2H3. The van der Waals surface area contributed by atoms with Gasteiger partial charge in [0.15, 0.2) is 0 Å². The van der Waals surface area contributed by atoms with Gasteiger partial charge in [0.25, 0.3) is 0 Å². The minimum Gasteiger partial charge on any atom is -0.329 e. The Morgan fingerprint density at radius 1 is 1.27 bits per heavy atom. The second-order valence-corrected chi connectivity index (χ2v) is 5.44. The monoisotopic (exact) mass is 210 g/mol. The van der Waals surface area contributed by atoms with Crippen molar-refractivity contribution in [3.8, 4) is 0 Å². The molecule has 0 bridgehead atoms. The zero-order chi connectivity index (χ0) is 10.9. The molecule has 2 atom stereocenters. The van der Waals surface area contributed by atoms with E-state index in [1.807, 2.05) is 0 Å². The molecular weight excluding hydrogens is 184 g/mol. The third kappa shape index (κ3) is 1.94. The SMILES string of the molecule is CCC1CCN(C(CC)(CN)C2CC2)C1. The van der Waals surface area contributed by atoms with Gasteiger partial charge < -0.3 is 5.73 Å². The van der Waals surface area contributed by atoms with Crippen LogP contribution in [0.4, 0.5) is 0 Å². The van der Waals surface area contributed by atoms with E-state index < -0.39 is 0 Å². The van der Waals surface area contributed by atoms with Crippen molar-refractivity contribution in [2.45, 2.75) is 51.5 Å². The topological polar surface area (TPSA) is 29.3 Å². The summed E-state index contributed by atoms with van der Waals surface area (Å²) in [6.45, 7) is 8.11. The first kappa shape index (κ1) is 11.4. The Hall–Kier alpha value is -0.0800. The van der Waals surface area contributed by atoms with Gasteiger partial charge in [0.1, 0.15) is 0 Å². The number of nitrogens with two attached hydrogens (primary N) is 1. The molecule has 2 aliphatic rings. The molecule has 0 aromatic carbocycles. The van der Waals surface area contributed by atoms with Crippen LogP contribution in [0.3, 0.4) is 0 Å². The average Bonchev–Trinajstić information content (AvgIpc) is 3.00. The van der Waals surface area contributed by atoms with E-state index in [9.17, 15) is 0 Å². The molecule has 88 valence electrons. The second-order valence-electron chi connectivity index (χ2n) is 5.44. The quantitative estimate of drug-likeness (QED) is 0.754. The Morgan fingerprint density at radius 3 is 2.40 bits per heavy atom. The van der Waals surface area contributed by atoms with Crippen LogP contribution in [-0.2, 0) is 0 Å². The molecule has 1 saturated carbocycles. The van der Waals surface area contributed by atoms with Gasteiger partial charge in [-0.25, -0.2) is 0 Å². The highest BCUT2D eigenvalue weighted by Crippen LogP contribution is 2.46. The predicted molar refractivity (Wildman–Crippen MR) is 64.8 cm³/mol. The van der Waals surface area contributed by atoms with Gasteiger partial charge in [-0.15, -0.1) is 0 Å². The molecule has 15 heavy (non-hydrogen) atoms. The number of hydrogen-bond acceptors (Lipinski definition) is 2. The highest BCUT2D eigenvalue weighted by Gasteiger charge is 2.48. The summed E-state index contributed by atoms with van der Waals surface area (Å²) in [7, 11) is 0. The van der Waals surface area contributed by atoms with Crippen molar-refractivity contribution in [1.82, 2.24) is 4.90 Å². The molecule has 1 aliphatic heterocycles. The van der Waals surface area contributed by atoms with Crippen LogP contribution >= 0.6 is 0 Å². The van der Waals surface area contributed by atoms with Crippen LogP contribution in [0.15, 0.2) is 0 Å². The van der Waals surface area contributed by atoms with E-state index in [-0.39, 0.29) is 0 Å². The Bertz CT molecular complexity index is 207. The van der Waals surface area contributed by atoms with Crippen LogP contribution in [0.25, 0.3) is 0 Å². The van der Waals surface area contributed by atoms with Gasteiger partial charge >= 0.3 is 0 Å². The molecule has 1 heterocycles. The molecule has 2 nitrogen and oxygen atoms in total. The Balaban J connectivity index is 2.05. The van der Waals surface area contributed by atoms with E-state index in [2.05, 4.69) is 18.7 Å². The number of rotatable bonds is 5. The van der Waals surface area contributed by atoms with E-state index in [1.54, 1.807) is 0 Å². The number of nitrogens with zero attached hydrogens (tertiary/aromatic N) is 1. The summed E-state index contributed by atoms with van der Waals surface area (Å²) in [5, 5.41) is 0. The molecule has 2 N–H and O–H groups in total. The van der Waals surface area contributed by atoms with Gasteiger partial charge in [-0.2, -0.15) is 0 Å². The van der Waals surface area contributed by atoms with E-state index in [1.165, 1.54) is 45.2 Å². The van der Waals surface area contributed by atoms with Crippen molar-refractivity contribution in [3.63, 3.8) is 0 Å². The molecule has 1 aliphatic carbocycles. The van der Waals surface area contributed by atoms with Crippen molar-refractivity contribution in [1.29, 1.82) is 0 Å². The molecule has 2 fully saturated rings. The van der Waals surface area contributed by atoms with Gasteiger partial charge in [0.05, 0.1) is 0 Å². The minimum absolute atomic E-state index is 0.365. The zero-order valence-electron chi connectivity index (χ0n) is 10.3. The highest BCUT2D eigenvalue weighted by molar-refractivity contribution is 5.04. The molecular formula is C13H26N2. The van der Waals surface area contributed by atoms with Crippen molar-refractivity contribution in [2.75, 3.05) is 19.6 Å². The fourth-order valence-corrected chi connectivity index (χ4v) is 3.40. The minimum atomic E-state index is 0.365. The lowest BCUT2D eigenvalue weighted by atomic mass is 9.88. The first-order chi connectivity index (χ1) is 7.26. The van der Waals surface area contributed by atoms with Crippen molar-refractivity contribution in [2.24, 2.45) is 17.6 Å². The van der Waals surface area contributed by atoms with Crippen molar-refractivity contribution in [3.05, 3.63) is 0 Å². The van der Waals surface area contributed by atoms with Gasteiger partial charge in [0.2, 0.25) is 0 Å². The average molecular weight is 210 g/mol. The van der Waals surface area contributed by atoms with Crippen LogP contribution < -0.4 is 5.73 Å². The second kappa shape index (κ2) is 4.42. The van der Waals surface area contributed by atoms with Gasteiger partial charge in [-0.1, -0.05) is 20.3 Å². The third-order valence-electron chi connectivity index (χ3n) is 4.80. The summed E-state index contributed by atoms with van der Waals surface area (Å²) in [5.41, 5.74) is 6.45. The summed E-state index contributed by atoms with van der Waals surface area (Å²) in [6, 6.07) is 0. The lowest BCUT2D eigenvalue weighted by Gasteiger charge is -2.41. The van der Waals surface area contributed by atoms with Crippen LogP contribution in [0.1, 0.15) is 46.0 Å². The molecule has 0 amide bonds. The third-order valence-corrected chi connectivity index (χ3v) is 4.80. The van der Waals surface area contributed by atoms with E-state index in [0.29, 0.717) is 5.54 Å². The van der Waals surface area contributed by atoms with Crippen LogP contribution in [0.5, 0.6) is 0 Å². The first-order valence-corrected chi connectivity index (χ1v) is 6.72. The highest BCUT2D eigenvalue weighted by atomic mass is 15.2. The Morgan fingerprint density at radius 2 is 2.00 bits per heavy atom. The fourth-order valence-electron chi connectivity index (χ4n) is 3.40. The normalized spacial score (nSPS) is 31.8. The maximum Gasteiger partial charge on any atom is 0.0357 e. The largest absolute Gasteiger partial charge is 0.329 e. The maximum atomic E-state index is 6.08. The molecule has 0 spiro atoms. The molecule has 0 radical (unpaired) electrons. The molecule has 2 rings (SSSR count). The molecule has 2 unspecified atom stereocenters. The van der Waals surface area contributed by atoms with Crippen molar-refractivity contribution < 1.29 is 0 Å². The number of hydrogen-bond donors (Lipinski definition) is 1. The molecule has 1 saturated heterocycles. The summed E-state index contributed by atoms with van der Waals surface area (Å²) < 4.78 is 0. The van der Waals surface area contributed by atoms with E-state index >= 15 is 0 Å². The summed E-state index contributed by atoms with van der Waals surface area (Å²) >= 11 is 0. The molecule has 0 aromatic rings. The van der Waals surface area contributed by atoms with Gasteiger partial charge in [-0.3, -0.25) is 4.90 Å². The smallest absolute Gasteiger partial charge is 0.0357 e. The van der Waals surface area contributed by atoms with Crippen LogP contribution in [0, 0.1) is 11.8 Å². The summed E-state index contributed by atoms with van der Waals surface area (Å²) in [4.78, 5) is 2.72. The van der Waals surface area contributed by atoms with Crippen LogP contribution in [0.2, 0.25) is 0 Å².